The van der Waals surface area contributed by atoms with E-state index in [-0.39, 0.29) is 12.8 Å². The first kappa shape index (κ1) is 40.5. The van der Waals surface area contributed by atoms with Gasteiger partial charge >= 0.3 is 17.9 Å². The highest BCUT2D eigenvalue weighted by Gasteiger charge is 2.38. The summed E-state index contributed by atoms with van der Waals surface area (Å²) < 4.78 is 9.41. The van der Waals surface area contributed by atoms with Crippen LogP contribution in [-0.4, -0.2) is 40.5 Å². The molecule has 0 saturated heterocycles. The van der Waals surface area contributed by atoms with Crippen molar-refractivity contribution in [2.45, 2.75) is 200 Å². The van der Waals surface area contributed by atoms with Gasteiger partial charge in [-0.25, -0.2) is 0 Å². The zero-order valence-electron chi connectivity index (χ0n) is 27.4. The van der Waals surface area contributed by atoms with Crippen molar-refractivity contribution in [3.05, 3.63) is 0 Å². The van der Waals surface area contributed by atoms with E-state index >= 15 is 0 Å². The summed E-state index contributed by atoms with van der Waals surface area (Å²) in [4.78, 5) is 35.9. The van der Waals surface area contributed by atoms with Crippen LogP contribution < -0.4 is 0 Å². The SMILES string of the molecule is CCCCCCCCCCCCCCCC(=O)OCC(=O)C(O)(O)OC(=O)CCCCCCCCCCCCCCC. The van der Waals surface area contributed by atoms with Gasteiger partial charge in [-0.2, -0.15) is 0 Å². The molecular formula is C35H66O7. The minimum Gasteiger partial charge on any atom is -0.457 e. The van der Waals surface area contributed by atoms with E-state index in [2.05, 4.69) is 18.6 Å². The first-order valence-corrected chi connectivity index (χ1v) is 17.7. The van der Waals surface area contributed by atoms with E-state index in [0.717, 1.165) is 38.5 Å². The number of hydrogen-bond acceptors (Lipinski definition) is 7. The lowest BCUT2D eigenvalue weighted by Crippen LogP contribution is -2.45. The van der Waals surface area contributed by atoms with Crippen molar-refractivity contribution in [1.29, 1.82) is 0 Å². The smallest absolute Gasteiger partial charge is 0.391 e. The molecule has 2 N–H and O–H groups in total. The molecule has 0 unspecified atom stereocenters. The van der Waals surface area contributed by atoms with E-state index in [1.807, 2.05) is 0 Å². The number of unbranched alkanes of at least 4 members (excludes halogenated alkanes) is 24. The predicted octanol–water partition coefficient (Wildman–Crippen LogP) is 9.24. The largest absolute Gasteiger partial charge is 0.457 e. The molecule has 7 nitrogen and oxygen atoms in total. The fourth-order valence-corrected chi connectivity index (χ4v) is 5.15. The summed E-state index contributed by atoms with van der Waals surface area (Å²) >= 11 is 0. The lowest BCUT2D eigenvalue weighted by atomic mass is 10.0. The third-order valence-corrected chi connectivity index (χ3v) is 7.95. The number of carbonyl (C=O) groups is 3. The molecule has 42 heavy (non-hydrogen) atoms. The Morgan fingerprint density at radius 2 is 0.738 bits per heavy atom. The van der Waals surface area contributed by atoms with Crippen LogP contribution in [0.25, 0.3) is 0 Å². The number of esters is 2. The maximum atomic E-state index is 12.0. The summed E-state index contributed by atoms with van der Waals surface area (Å²) in [6.45, 7) is 3.64. The Morgan fingerprint density at radius 3 is 1.07 bits per heavy atom. The van der Waals surface area contributed by atoms with Gasteiger partial charge in [-0.15, -0.1) is 0 Å². The second-order valence-corrected chi connectivity index (χ2v) is 12.2. The number of rotatable bonds is 32. The van der Waals surface area contributed by atoms with Crippen molar-refractivity contribution >= 4 is 17.7 Å². The Morgan fingerprint density at radius 1 is 0.452 bits per heavy atom. The Bertz CT molecular complexity index is 647. The van der Waals surface area contributed by atoms with Crippen LogP contribution in [0.15, 0.2) is 0 Å². The van der Waals surface area contributed by atoms with E-state index in [1.165, 1.54) is 116 Å². The molecule has 0 radical (unpaired) electrons. The Kier molecular flexibility index (Phi) is 28.6. The van der Waals surface area contributed by atoms with Crippen LogP contribution in [0, 0.1) is 0 Å². The van der Waals surface area contributed by atoms with Gasteiger partial charge in [-0.3, -0.25) is 14.4 Å². The van der Waals surface area contributed by atoms with Gasteiger partial charge in [0.05, 0.1) is 0 Å². The standard InChI is InChI=1S/C35H66O7/c1-3-5-7-9-11-13-15-17-19-21-23-25-27-29-33(37)41-31-32(36)35(39,40)42-34(38)30-28-26-24-22-20-18-16-14-12-10-8-6-4-2/h39-40H,3-31H2,1-2H3. The van der Waals surface area contributed by atoms with Gasteiger partial charge in [-0.1, -0.05) is 168 Å². The summed E-state index contributed by atoms with van der Waals surface area (Å²) in [6, 6.07) is 0. The van der Waals surface area contributed by atoms with Crippen LogP contribution in [0.5, 0.6) is 0 Å². The minimum atomic E-state index is -3.27. The van der Waals surface area contributed by atoms with Crippen LogP contribution in [0.3, 0.4) is 0 Å². The van der Waals surface area contributed by atoms with Crippen molar-refractivity contribution in [3.8, 4) is 0 Å². The van der Waals surface area contributed by atoms with Crippen LogP contribution in [0.1, 0.15) is 194 Å². The quantitative estimate of drug-likeness (QED) is 0.0451. The summed E-state index contributed by atoms with van der Waals surface area (Å²) in [6.07, 6.45) is 31.1. The van der Waals surface area contributed by atoms with Gasteiger partial charge in [-0.05, 0) is 12.8 Å². The van der Waals surface area contributed by atoms with Crippen LogP contribution in [-0.2, 0) is 23.9 Å². The summed E-state index contributed by atoms with van der Waals surface area (Å²) in [7, 11) is 0. The molecule has 0 spiro atoms. The minimum absolute atomic E-state index is 0.00669. The van der Waals surface area contributed by atoms with E-state index in [9.17, 15) is 24.6 Å². The van der Waals surface area contributed by atoms with Crippen molar-refractivity contribution in [2.75, 3.05) is 6.61 Å². The first-order valence-electron chi connectivity index (χ1n) is 17.7. The van der Waals surface area contributed by atoms with Gasteiger partial charge in [0.1, 0.15) is 0 Å². The summed E-state index contributed by atoms with van der Waals surface area (Å²) in [5.41, 5.74) is 0. The van der Waals surface area contributed by atoms with E-state index in [0.29, 0.717) is 12.8 Å². The molecule has 0 aliphatic carbocycles. The molecule has 0 atom stereocenters. The molecule has 0 rings (SSSR count). The average Bonchev–Trinajstić information content (AvgIpc) is 2.96. The highest BCUT2D eigenvalue weighted by atomic mass is 16.8. The number of hydrogen-bond donors (Lipinski definition) is 2. The molecule has 7 heteroatoms. The normalized spacial score (nSPS) is 11.5. The molecule has 0 amide bonds. The second kappa shape index (κ2) is 29.6. The zero-order valence-corrected chi connectivity index (χ0v) is 27.4. The fourth-order valence-electron chi connectivity index (χ4n) is 5.15. The number of carbonyl (C=O) groups excluding carboxylic acids is 3. The number of ketones is 1. The zero-order chi connectivity index (χ0) is 31.2. The molecule has 0 heterocycles. The fraction of sp³-hybridized carbons (Fsp3) is 0.914. The summed E-state index contributed by atoms with van der Waals surface area (Å²) in [5, 5.41) is 19.7. The maximum absolute atomic E-state index is 12.0. The first-order chi connectivity index (χ1) is 20.3. The predicted molar refractivity (Wildman–Crippen MR) is 170 cm³/mol. The lowest BCUT2D eigenvalue weighted by molar-refractivity contribution is -0.298. The van der Waals surface area contributed by atoms with E-state index < -0.39 is 30.3 Å². The molecule has 0 aliphatic rings. The monoisotopic (exact) mass is 598 g/mol. The number of aliphatic hydroxyl groups is 2. The van der Waals surface area contributed by atoms with Gasteiger partial charge in [0, 0.05) is 12.8 Å². The topological polar surface area (TPSA) is 110 Å². The maximum Gasteiger partial charge on any atom is 0.391 e. The van der Waals surface area contributed by atoms with Crippen LogP contribution in [0.4, 0.5) is 0 Å². The Balaban J connectivity index is 3.68. The molecular weight excluding hydrogens is 532 g/mol. The molecule has 0 fully saturated rings. The van der Waals surface area contributed by atoms with Crippen LogP contribution in [0.2, 0.25) is 0 Å². The molecule has 0 aromatic carbocycles. The number of Topliss-reactive ketones (excluding diaryl/α,β-unsaturated/α-hetero) is 1. The third kappa shape index (κ3) is 27.4. The van der Waals surface area contributed by atoms with Gasteiger partial charge < -0.3 is 19.7 Å². The van der Waals surface area contributed by atoms with Crippen molar-refractivity contribution in [2.24, 2.45) is 0 Å². The van der Waals surface area contributed by atoms with Crippen molar-refractivity contribution < 1.29 is 34.1 Å². The third-order valence-electron chi connectivity index (χ3n) is 7.95. The highest BCUT2D eigenvalue weighted by molar-refractivity contribution is 5.88. The molecule has 0 bridgehead atoms. The van der Waals surface area contributed by atoms with Gasteiger partial charge in [0.25, 0.3) is 5.78 Å². The van der Waals surface area contributed by atoms with Gasteiger partial charge in [0.2, 0.25) is 0 Å². The van der Waals surface area contributed by atoms with Gasteiger partial charge in [0.15, 0.2) is 6.61 Å². The highest BCUT2D eigenvalue weighted by Crippen LogP contribution is 2.15. The molecule has 0 aromatic rings. The molecule has 248 valence electrons. The lowest BCUT2D eigenvalue weighted by Gasteiger charge is -2.19. The van der Waals surface area contributed by atoms with Crippen LogP contribution >= 0.6 is 0 Å². The number of ether oxygens (including phenoxy) is 2. The molecule has 0 aliphatic heterocycles. The average molecular weight is 599 g/mol. The molecule has 0 saturated carbocycles. The second-order valence-electron chi connectivity index (χ2n) is 12.2. The van der Waals surface area contributed by atoms with E-state index in [1.54, 1.807) is 0 Å². The summed E-state index contributed by atoms with van der Waals surface area (Å²) in [5.74, 6) is -5.96. The van der Waals surface area contributed by atoms with Crippen molar-refractivity contribution in [3.63, 3.8) is 0 Å². The Labute approximate surface area is 257 Å². The van der Waals surface area contributed by atoms with Crippen molar-refractivity contribution in [1.82, 2.24) is 0 Å². The van der Waals surface area contributed by atoms with E-state index in [4.69, 9.17) is 4.74 Å². The Hall–Kier alpha value is -1.47. The molecule has 0 aromatic heterocycles.